The van der Waals surface area contributed by atoms with Crippen LogP contribution in [0.15, 0.2) is 24.3 Å². The maximum atomic E-state index is 12.7. The third-order valence-corrected chi connectivity index (χ3v) is 1.35. The second-order valence-electron chi connectivity index (χ2n) is 1.90. The third kappa shape index (κ3) is 3.06. The van der Waals surface area contributed by atoms with Crippen LogP contribution in [-0.4, -0.2) is 0 Å². The molecule has 1 aromatic carbocycles. The average Bonchev–Trinajstić information content (AvgIpc) is 1.94. The van der Waals surface area contributed by atoms with E-state index in [9.17, 15) is 4.39 Å². The summed E-state index contributed by atoms with van der Waals surface area (Å²) in [6.45, 7) is 0.355. The van der Waals surface area contributed by atoms with E-state index in [-0.39, 0.29) is 18.2 Å². The van der Waals surface area contributed by atoms with E-state index in [0.29, 0.717) is 12.1 Å². The van der Waals surface area contributed by atoms with E-state index in [0.717, 1.165) is 0 Å². The van der Waals surface area contributed by atoms with Gasteiger partial charge in [0.2, 0.25) is 0 Å². The third-order valence-electron chi connectivity index (χ3n) is 1.22. The molecule has 0 fully saturated rings. The summed E-state index contributed by atoms with van der Waals surface area (Å²) in [5.74, 6) is -0.226. The van der Waals surface area contributed by atoms with Crippen LogP contribution in [0.25, 0.3) is 0 Å². The molecule has 0 spiro atoms. The number of benzene rings is 1. The molecule has 0 aliphatic carbocycles. The van der Waals surface area contributed by atoms with Crippen LogP contribution in [0.4, 0.5) is 4.39 Å². The van der Waals surface area contributed by atoms with Crippen molar-refractivity contribution in [2.45, 2.75) is 6.54 Å². The molecule has 1 nitrogen and oxygen atoms in total. The molecular weight excluding hydrogens is 188 g/mol. The second kappa shape index (κ2) is 5.35. The Kier molecular flexibility index (Phi) is 5.20. The number of rotatable bonds is 2. The van der Waals surface area contributed by atoms with Crippen molar-refractivity contribution in [3.05, 3.63) is 35.6 Å². The molecule has 4 heteroatoms. The van der Waals surface area contributed by atoms with Gasteiger partial charge in [0.1, 0.15) is 5.82 Å². The number of nitrogens with one attached hydrogen (secondary N) is 1. The van der Waals surface area contributed by atoms with Crippen molar-refractivity contribution in [2.75, 3.05) is 0 Å². The highest BCUT2D eigenvalue weighted by atomic mass is 35.5. The van der Waals surface area contributed by atoms with Gasteiger partial charge < -0.3 is 0 Å². The largest absolute Gasteiger partial charge is 0.229 e. The molecule has 11 heavy (non-hydrogen) atoms. The van der Waals surface area contributed by atoms with Crippen LogP contribution in [0.1, 0.15) is 5.56 Å². The maximum Gasteiger partial charge on any atom is 0.127 e. The van der Waals surface area contributed by atoms with Crippen molar-refractivity contribution in [3.63, 3.8) is 0 Å². The minimum atomic E-state index is -0.226. The highest BCUT2D eigenvalue weighted by Gasteiger charge is 1.96. The molecule has 1 rings (SSSR count). The van der Waals surface area contributed by atoms with Crippen LogP contribution in [0, 0.1) is 5.82 Å². The minimum Gasteiger partial charge on any atom is -0.229 e. The lowest BCUT2D eigenvalue weighted by Gasteiger charge is -1.97. The molecule has 0 saturated heterocycles. The Balaban J connectivity index is 0.000001000. The highest BCUT2D eigenvalue weighted by Crippen LogP contribution is 2.05. The molecule has 0 atom stereocenters. The molecule has 0 radical (unpaired) electrons. The SMILES string of the molecule is Cl.Fc1ccccc1CNCl. The quantitative estimate of drug-likeness (QED) is 0.716. The fourth-order valence-electron chi connectivity index (χ4n) is 0.714. The molecule has 0 unspecified atom stereocenters. The van der Waals surface area contributed by atoms with Crippen molar-refractivity contribution in [2.24, 2.45) is 0 Å². The monoisotopic (exact) mass is 195 g/mol. The van der Waals surface area contributed by atoms with Gasteiger partial charge in [0, 0.05) is 12.1 Å². The summed E-state index contributed by atoms with van der Waals surface area (Å²) in [5, 5.41) is 0. The fourth-order valence-corrected chi connectivity index (χ4v) is 0.858. The Morgan fingerprint density at radius 3 is 2.55 bits per heavy atom. The van der Waals surface area contributed by atoms with Crippen molar-refractivity contribution in [1.29, 1.82) is 0 Å². The molecule has 0 heterocycles. The van der Waals surface area contributed by atoms with Crippen LogP contribution in [0.3, 0.4) is 0 Å². The van der Waals surface area contributed by atoms with Crippen molar-refractivity contribution >= 4 is 24.2 Å². The van der Waals surface area contributed by atoms with Gasteiger partial charge in [-0.25, -0.2) is 9.23 Å². The van der Waals surface area contributed by atoms with Crippen LogP contribution >= 0.6 is 24.2 Å². The lowest BCUT2D eigenvalue weighted by molar-refractivity contribution is 0.607. The zero-order valence-corrected chi connectivity index (χ0v) is 7.25. The Labute approximate surface area is 76.1 Å². The van der Waals surface area contributed by atoms with Crippen LogP contribution in [-0.2, 0) is 6.54 Å². The van der Waals surface area contributed by atoms with Crippen LogP contribution in [0.5, 0.6) is 0 Å². The topological polar surface area (TPSA) is 12.0 Å². The van der Waals surface area contributed by atoms with Gasteiger partial charge in [-0.15, -0.1) is 12.4 Å². The molecule has 0 aliphatic heterocycles. The molecule has 0 bridgehead atoms. The van der Waals surface area contributed by atoms with E-state index in [4.69, 9.17) is 11.8 Å². The van der Waals surface area contributed by atoms with Crippen molar-refractivity contribution in [3.8, 4) is 0 Å². The summed E-state index contributed by atoms with van der Waals surface area (Å²) in [4.78, 5) is 2.36. The zero-order valence-electron chi connectivity index (χ0n) is 5.68. The molecule has 0 amide bonds. The van der Waals surface area contributed by atoms with Crippen molar-refractivity contribution < 1.29 is 4.39 Å². The van der Waals surface area contributed by atoms with Gasteiger partial charge in [0.15, 0.2) is 0 Å². The van der Waals surface area contributed by atoms with Gasteiger partial charge in [0.05, 0.1) is 0 Å². The van der Waals surface area contributed by atoms with E-state index >= 15 is 0 Å². The maximum absolute atomic E-state index is 12.7. The van der Waals surface area contributed by atoms with Crippen LogP contribution < -0.4 is 4.84 Å². The number of hydrogen-bond acceptors (Lipinski definition) is 1. The first-order chi connectivity index (χ1) is 4.84. The zero-order chi connectivity index (χ0) is 7.40. The number of halogens is 3. The lowest BCUT2D eigenvalue weighted by Crippen LogP contribution is -2.00. The Morgan fingerprint density at radius 2 is 2.00 bits per heavy atom. The van der Waals surface area contributed by atoms with Gasteiger partial charge in [-0.1, -0.05) is 18.2 Å². The van der Waals surface area contributed by atoms with E-state index in [1.165, 1.54) is 6.07 Å². The molecule has 62 valence electrons. The molecule has 1 N–H and O–H groups in total. The Morgan fingerprint density at radius 1 is 1.36 bits per heavy atom. The first kappa shape index (κ1) is 10.7. The first-order valence-electron chi connectivity index (χ1n) is 2.91. The predicted octanol–water partition coefficient (Wildman–Crippen LogP) is 2.49. The average molecular weight is 196 g/mol. The van der Waals surface area contributed by atoms with E-state index in [1.54, 1.807) is 18.2 Å². The Bertz CT molecular complexity index is 217. The van der Waals surface area contributed by atoms with E-state index < -0.39 is 0 Å². The lowest BCUT2D eigenvalue weighted by atomic mass is 10.2. The Hall–Kier alpha value is -0.310. The molecule has 0 saturated carbocycles. The number of hydrogen-bond donors (Lipinski definition) is 1. The van der Waals surface area contributed by atoms with E-state index in [2.05, 4.69) is 4.84 Å². The smallest absolute Gasteiger partial charge is 0.127 e. The highest BCUT2D eigenvalue weighted by molar-refractivity contribution is 6.13. The minimum absolute atomic E-state index is 0. The summed E-state index contributed by atoms with van der Waals surface area (Å²) in [6.07, 6.45) is 0. The van der Waals surface area contributed by atoms with Crippen LogP contribution in [0.2, 0.25) is 0 Å². The van der Waals surface area contributed by atoms with Crippen molar-refractivity contribution in [1.82, 2.24) is 4.84 Å². The summed E-state index contributed by atoms with van der Waals surface area (Å²) >= 11 is 5.19. The summed E-state index contributed by atoms with van der Waals surface area (Å²) in [5.41, 5.74) is 0.581. The second-order valence-corrected chi connectivity index (χ2v) is 2.17. The van der Waals surface area contributed by atoms with E-state index in [1.807, 2.05) is 0 Å². The standard InChI is InChI=1S/C7H7ClFN.ClH/c8-10-5-6-3-1-2-4-7(6)9;/h1-4,10H,5H2;1H. The summed E-state index contributed by atoms with van der Waals surface area (Å²) in [7, 11) is 0. The predicted molar refractivity (Wildman–Crippen MR) is 46.3 cm³/mol. The van der Waals surface area contributed by atoms with Gasteiger partial charge >= 0.3 is 0 Å². The molecular formula is C7H8Cl2FN. The van der Waals surface area contributed by atoms with Gasteiger partial charge in [-0.05, 0) is 17.8 Å². The summed E-state index contributed by atoms with van der Waals surface area (Å²) in [6, 6.07) is 6.51. The first-order valence-corrected chi connectivity index (χ1v) is 3.29. The molecule has 1 aromatic rings. The van der Waals surface area contributed by atoms with Gasteiger partial charge in [-0.3, -0.25) is 0 Å². The van der Waals surface area contributed by atoms with Gasteiger partial charge in [0.25, 0.3) is 0 Å². The summed E-state index contributed by atoms with van der Waals surface area (Å²) < 4.78 is 12.7. The molecule has 0 aromatic heterocycles. The fraction of sp³-hybridized carbons (Fsp3) is 0.143. The molecule has 0 aliphatic rings. The normalized spacial score (nSPS) is 8.91. The van der Waals surface area contributed by atoms with Gasteiger partial charge in [-0.2, -0.15) is 0 Å².